The van der Waals surface area contributed by atoms with E-state index in [4.69, 9.17) is 5.11 Å². The molecule has 19 heavy (non-hydrogen) atoms. The van der Waals surface area contributed by atoms with Gasteiger partial charge in [0.25, 0.3) is 0 Å². The molecule has 2 aliphatic carbocycles. The minimum absolute atomic E-state index is 0.118. The lowest BCUT2D eigenvalue weighted by Gasteiger charge is -2.31. The SMILES string of the molecule is O=C(Cc1ccc(O)cc1)NN=C1CC2C=CCC12. The second kappa shape index (κ2) is 4.88. The number of nitrogens with one attached hydrogen (secondary N) is 1. The molecule has 1 aromatic carbocycles. The first kappa shape index (κ1) is 12.0. The summed E-state index contributed by atoms with van der Waals surface area (Å²) in [6.45, 7) is 0. The summed E-state index contributed by atoms with van der Waals surface area (Å²) in [7, 11) is 0. The molecule has 2 aliphatic rings. The molecule has 4 nitrogen and oxygen atoms in total. The summed E-state index contributed by atoms with van der Waals surface area (Å²) < 4.78 is 0. The van der Waals surface area contributed by atoms with Crippen molar-refractivity contribution in [2.24, 2.45) is 16.9 Å². The van der Waals surface area contributed by atoms with E-state index in [-0.39, 0.29) is 18.1 Å². The fraction of sp³-hybridized carbons (Fsp3) is 0.333. The van der Waals surface area contributed by atoms with Crippen molar-refractivity contribution >= 4 is 11.6 Å². The second-order valence-corrected chi connectivity index (χ2v) is 5.12. The molecule has 3 rings (SSSR count). The number of phenols is 1. The highest BCUT2D eigenvalue weighted by atomic mass is 16.3. The minimum atomic E-state index is -0.118. The Morgan fingerprint density at radius 2 is 2.16 bits per heavy atom. The van der Waals surface area contributed by atoms with Crippen LogP contribution < -0.4 is 5.43 Å². The number of allylic oxidation sites excluding steroid dienone is 2. The lowest BCUT2D eigenvalue weighted by Crippen LogP contribution is -2.35. The summed E-state index contributed by atoms with van der Waals surface area (Å²) in [5.41, 5.74) is 4.59. The molecule has 2 unspecified atom stereocenters. The van der Waals surface area contributed by atoms with Gasteiger partial charge in [0.05, 0.1) is 6.42 Å². The fourth-order valence-corrected chi connectivity index (χ4v) is 2.64. The number of fused-ring (bicyclic) bond motifs is 1. The first-order chi connectivity index (χ1) is 9.22. The third-order valence-corrected chi connectivity index (χ3v) is 3.79. The Bertz CT molecular complexity index is 546. The zero-order chi connectivity index (χ0) is 13.2. The highest BCUT2D eigenvalue weighted by Crippen LogP contribution is 2.39. The van der Waals surface area contributed by atoms with E-state index in [0.29, 0.717) is 11.8 Å². The summed E-state index contributed by atoms with van der Waals surface area (Å²) in [5, 5.41) is 13.4. The van der Waals surface area contributed by atoms with Gasteiger partial charge in [-0.2, -0.15) is 5.10 Å². The van der Waals surface area contributed by atoms with Crippen LogP contribution in [0.4, 0.5) is 0 Å². The Hall–Kier alpha value is -2.10. The minimum Gasteiger partial charge on any atom is -0.508 e. The van der Waals surface area contributed by atoms with Crippen molar-refractivity contribution in [2.45, 2.75) is 19.3 Å². The molecule has 1 fully saturated rings. The molecule has 1 aromatic rings. The van der Waals surface area contributed by atoms with Crippen LogP contribution >= 0.6 is 0 Å². The lowest BCUT2D eigenvalue weighted by molar-refractivity contribution is -0.120. The summed E-state index contributed by atoms with van der Waals surface area (Å²) in [6.07, 6.45) is 6.74. The Morgan fingerprint density at radius 1 is 1.37 bits per heavy atom. The first-order valence-corrected chi connectivity index (χ1v) is 6.52. The van der Waals surface area contributed by atoms with Crippen LogP contribution in [0, 0.1) is 11.8 Å². The quantitative estimate of drug-likeness (QED) is 0.642. The van der Waals surface area contributed by atoms with Crippen molar-refractivity contribution in [3.63, 3.8) is 0 Å². The van der Waals surface area contributed by atoms with Gasteiger partial charge in [-0.1, -0.05) is 24.3 Å². The van der Waals surface area contributed by atoms with Crippen LogP contribution in [-0.4, -0.2) is 16.7 Å². The molecule has 0 bridgehead atoms. The van der Waals surface area contributed by atoms with E-state index in [1.807, 2.05) is 0 Å². The van der Waals surface area contributed by atoms with Crippen molar-refractivity contribution in [1.29, 1.82) is 0 Å². The molecule has 0 radical (unpaired) electrons. The van der Waals surface area contributed by atoms with Gasteiger partial charge < -0.3 is 5.11 Å². The number of carbonyl (C=O) groups excluding carboxylic acids is 1. The summed E-state index contributed by atoms with van der Waals surface area (Å²) >= 11 is 0. The number of nitrogens with zero attached hydrogens (tertiary/aromatic N) is 1. The maximum absolute atomic E-state index is 11.7. The Balaban J connectivity index is 1.52. The van der Waals surface area contributed by atoms with Crippen molar-refractivity contribution < 1.29 is 9.90 Å². The van der Waals surface area contributed by atoms with Crippen LogP contribution in [0.15, 0.2) is 41.5 Å². The van der Waals surface area contributed by atoms with Gasteiger partial charge in [0.15, 0.2) is 0 Å². The third kappa shape index (κ3) is 2.52. The van der Waals surface area contributed by atoms with Gasteiger partial charge in [-0.05, 0) is 36.5 Å². The fourth-order valence-electron chi connectivity index (χ4n) is 2.64. The van der Waals surface area contributed by atoms with Gasteiger partial charge in [0.2, 0.25) is 5.91 Å². The molecule has 98 valence electrons. The van der Waals surface area contributed by atoms with E-state index in [0.717, 1.165) is 24.1 Å². The predicted molar refractivity (Wildman–Crippen MR) is 72.7 cm³/mol. The monoisotopic (exact) mass is 256 g/mol. The van der Waals surface area contributed by atoms with E-state index in [1.54, 1.807) is 24.3 Å². The number of aromatic hydroxyl groups is 1. The van der Waals surface area contributed by atoms with Crippen LogP contribution in [0.1, 0.15) is 18.4 Å². The molecule has 0 spiro atoms. The predicted octanol–water partition coefficient (Wildman–Crippen LogP) is 2.00. The van der Waals surface area contributed by atoms with E-state index >= 15 is 0 Å². The van der Waals surface area contributed by atoms with Crippen molar-refractivity contribution in [2.75, 3.05) is 0 Å². The number of hydrogen-bond acceptors (Lipinski definition) is 3. The van der Waals surface area contributed by atoms with Crippen LogP contribution in [0.25, 0.3) is 0 Å². The summed E-state index contributed by atoms with van der Waals surface area (Å²) in [5.74, 6) is 1.26. The van der Waals surface area contributed by atoms with E-state index < -0.39 is 0 Å². The van der Waals surface area contributed by atoms with E-state index in [1.165, 1.54) is 0 Å². The molecule has 1 saturated carbocycles. The van der Waals surface area contributed by atoms with Crippen LogP contribution in [0.2, 0.25) is 0 Å². The molecule has 2 N–H and O–H groups in total. The smallest absolute Gasteiger partial charge is 0.244 e. The Labute approximate surface area is 111 Å². The molecule has 0 aromatic heterocycles. The summed E-state index contributed by atoms with van der Waals surface area (Å²) in [6, 6.07) is 6.63. The molecule has 0 heterocycles. The molecule has 4 heteroatoms. The number of hydrogen-bond donors (Lipinski definition) is 2. The first-order valence-electron chi connectivity index (χ1n) is 6.52. The molecule has 1 amide bonds. The number of carbonyl (C=O) groups is 1. The zero-order valence-corrected chi connectivity index (χ0v) is 10.5. The topological polar surface area (TPSA) is 61.7 Å². The maximum Gasteiger partial charge on any atom is 0.244 e. The van der Waals surface area contributed by atoms with Gasteiger partial charge >= 0.3 is 0 Å². The van der Waals surface area contributed by atoms with Gasteiger partial charge in [0.1, 0.15) is 5.75 Å². The Kier molecular flexibility index (Phi) is 3.07. The van der Waals surface area contributed by atoms with Crippen LogP contribution in [0.3, 0.4) is 0 Å². The average Bonchev–Trinajstić information content (AvgIpc) is 2.74. The van der Waals surface area contributed by atoms with Crippen LogP contribution in [-0.2, 0) is 11.2 Å². The Morgan fingerprint density at radius 3 is 2.89 bits per heavy atom. The number of amides is 1. The normalized spacial score (nSPS) is 26.0. The molecule has 2 atom stereocenters. The standard InChI is InChI=1S/C15H16N2O2/c18-12-6-4-10(5-7-12)8-15(19)17-16-14-9-11-2-1-3-13(11)14/h1-2,4-7,11,13,18H,3,8-9H2,(H,17,19). The largest absolute Gasteiger partial charge is 0.508 e. The third-order valence-electron chi connectivity index (χ3n) is 3.79. The van der Waals surface area contributed by atoms with Crippen LogP contribution in [0.5, 0.6) is 5.75 Å². The molecule has 0 saturated heterocycles. The zero-order valence-electron chi connectivity index (χ0n) is 10.5. The van der Waals surface area contributed by atoms with Gasteiger partial charge in [-0.15, -0.1) is 0 Å². The molecular formula is C15H16N2O2. The number of phenolic OH excluding ortho intramolecular Hbond substituents is 1. The van der Waals surface area contributed by atoms with Gasteiger partial charge in [-0.3, -0.25) is 4.79 Å². The van der Waals surface area contributed by atoms with Crippen molar-refractivity contribution in [1.82, 2.24) is 5.43 Å². The number of rotatable bonds is 3. The van der Waals surface area contributed by atoms with E-state index in [9.17, 15) is 4.79 Å². The number of hydrazone groups is 1. The molecular weight excluding hydrogens is 240 g/mol. The highest BCUT2D eigenvalue weighted by Gasteiger charge is 2.37. The van der Waals surface area contributed by atoms with Gasteiger partial charge in [-0.25, -0.2) is 5.43 Å². The highest BCUT2D eigenvalue weighted by molar-refractivity contribution is 5.95. The lowest BCUT2D eigenvalue weighted by atomic mass is 9.74. The average molecular weight is 256 g/mol. The molecule has 0 aliphatic heterocycles. The van der Waals surface area contributed by atoms with E-state index in [2.05, 4.69) is 22.7 Å². The van der Waals surface area contributed by atoms with Crippen molar-refractivity contribution in [3.05, 3.63) is 42.0 Å². The number of benzene rings is 1. The second-order valence-electron chi connectivity index (χ2n) is 5.12. The maximum atomic E-state index is 11.7. The van der Waals surface area contributed by atoms with Crippen molar-refractivity contribution in [3.8, 4) is 5.75 Å². The van der Waals surface area contributed by atoms with Gasteiger partial charge in [0, 0.05) is 11.6 Å². The summed E-state index contributed by atoms with van der Waals surface area (Å²) in [4.78, 5) is 11.7.